The van der Waals surface area contributed by atoms with Crippen LogP contribution in [0.2, 0.25) is 0 Å². The molecule has 0 saturated heterocycles. The van der Waals surface area contributed by atoms with E-state index in [4.69, 9.17) is 0 Å². The van der Waals surface area contributed by atoms with Crippen molar-refractivity contribution in [3.05, 3.63) is 23.8 Å². The number of carbonyl (C=O) groups is 2. The van der Waals surface area contributed by atoms with Crippen molar-refractivity contribution in [3.63, 3.8) is 0 Å². The molecule has 0 amide bonds. The highest BCUT2D eigenvalue weighted by Crippen LogP contribution is 2.27. The van der Waals surface area contributed by atoms with E-state index in [1.54, 1.807) is 6.08 Å². The summed E-state index contributed by atoms with van der Waals surface area (Å²) in [6.45, 7) is 0. The van der Waals surface area contributed by atoms with E-state index < -0.39 is 0 Å². The molecule has 0 aromatic carbocycles. The highest BCUT2D eigenvalue weighted by atomic mass is 16.5. The second-order valence-electron chi connectivity index (χ2n) is 3.92. The first kappa shape index (κ1) is 13.5. The maximum atomic E-state index is 11.3. The predicted octanol–water partition coefficient (Wildman–Crippen LogP) is 2.01. The molecule has 17 heavy (non-hydrogen) atoms. The fourth-order valence-corrected chi connectivity index (χ4v) is 1.83. The van der Waals surface area contributed by atoms with Crippen LogP contribution in [0.15, 0.2) is 23.8 Å². The van der Waals surface area contributed by atoms with Crippen molar-refractivity contribution in [1.82, 2.24) is 0 Å². The Hall–Kier alpha value is -1.58. The van der Waals surface area contributed by atoms with Crippen LogP contribution in [0, 0.1) is 5.92 Å². The van der Waals surface area contributed by atoms with Gasteiger partial charge in [-0.2, -0.15) is 0 Å². The van der Waals surface area contributed by atoms with Crippen molar-refractivity contribution in [1.29, 1.82) is 0 Å². The molecule has 0 N–H and O–H groups in total. The normalized spacial score (nSPS) is 19.2. The third-order valence-corrected chi connectivity index (χ3v) is 2.82. The second-order valence-corrected chi connectivity index (χ2v) is 3.92. The molecular weight excluding hydrogens is 220 g/mol. The van der Waals surface area contributed by atoms with E-state index >= 15 is 0 Å². The number of hydrogen-bond donors (Lipinski definition) is 0. The Labute approximate surface area is 101 Å². The molecule has 1 atom stereocenters. The zero-order chi connectivity index (χ0) is 12.7. The second kappa shape index (κ2) is 6.89. The van der Waals surface area contributed by atoms with E-state index in [-0.39, 0.29) is 30.7 Å². The van der Waals surface area contributed by atoms with Crippen LogP contribution in [0.1, 0.15) is 25.7 Å². The summed E-state index contributed by atoms with van der Waals surface area (Å²) in [6.07, 6.45) is 8.39. The Morgan fingerprint density at radius 3 is 2.53 bits per heavy atom. The Morgan fingerprint density at radius 2 is 2.00 bits per heavy atom. The van der Waals surface area contributed by atoms with E-state index in [2.05, 4.69) is 21.6 Å². The molecule has 94 valence electrons. The van der Waals surface area contributed by atoms with Gasteiger partial charge in [0.05, 0.1) is 27.1 Å². The predicted molar refractivity (Wildman–Crippen MR) is 63.2 cm³/mol. The lowest BCUT2D eigenvalue weighted by molar-refractivity contribution is -0.141. The molecule has 0 aromatic rings. The van der Waals surface area contributed by atoms with Crippen LogP contribution in [-0.2, 0) is 19.1 Å². The van der Waals surface area contributed by atoms with E-state index in [9.17, 15) is 9.59 Å². The molecule has 4 heteroatoms. The molecular formula is C13H18O4. The van der Waals surface area contributed by atoms with Gasteiger partial charge in [0.15, 0.2) is 0 Å². The van der Waals surface area contributed by atoms with E-state index in [1.165, 1.54) is 14.2 Å². The van der Waals surface area contributed by atoms with Crippen molar-refractivity contribution in [2.75, 3.05) is 14.2 Å². The summed E-state index contributed by atoms with van der Waals surface area (Å²) < 4.78 is 9.23. The topological polar surface area (TPSA) is 52.6 Å². The van der Waals surface area contributed by atoms with Gasteiger partial charge in [-0.3, -0.25) is 9.59 Å². The van der Waals surface area contributed by atoms with Gasteiger partial charge in [-0.15, -0.1) is 0 Å². The van der Waals surface area contributed by atoms with Gasteiger partial charge in [-0.1, -0.05) is 23.8 Å². The quantitative estimate of drug-likeness (QED) is 0.543. The minimum absolute atomic E-state index is 0.202. The summed E-state index contributed by atoms with van der Waals surface area (Å²) in [7, 11) is 2.72. The molecule has 1 aliphatic rings. The van der Waals surface area contributed by atoms with E-state index in [1.807, 2.05) is 0 Å². The summed E-state index contributed by atoms with van der Waals surface area (Å²) in [4.78, 5) is 22.4. The molecule has 1 aliphatic carbocycles. The third kappa shape index (κ3) is 4.43. The molecule has 0 radical (unpaired) electrons. The van der Waals surface area contributed by atoms with Gasteiger partial charge in [0.1, 0.15) is 0 Å². The van der Waals surface area contributed by atoms with E-state index in [0.29, 0.717) is 0 Å². The highest BCUT2D eigenvalue weighted by Gasteiger charge is 2.18. The Kier molecular flexibility index (Phi) is 5.46. The SMILES string of the molecule is COC(=O)CC=C(CC(=O)OC)C1C=CCC1. The molecule has 0 saturated carbocycles. The fraction of sp³-hybridized carbons (Fsp3) is 0.538. The molecule has 0 spiro atoms. The number of hydrogen-bond acceptors (Lipinski definition) is 4. The maximum Gasteiger partial charge on any atom is 0.309 e. The van der Waals surface area contributed by atoms with Crippen LogP contribution in [0.25, 0.3) is 0 Å². The number of allylic oxidation sites excluding steroid dienone is 2. The lowest BCUT2D eigenvalue weighted by Gasteiger charge is -2.12. The fourth-order valence-electron chi connectivity index (χ4n) is 1.83. The minimum atomic E-state index is -0.297. The summed E-state index contributed by atoms with van der Waals surface area (Å²) in [5, 5.41) is 0. The zero-order valence-electron chi connectivity index (χ0n) is 10.3. The van der Waals surface area contributed by atoms with Crippen molar-refractivity contribution in [3.8, 4) is 0 Å². The van der Waals surface area contributed by atoms with Crippen molar-refractivity contribution >= 4 is 11.9 Å². The smallest absolute Gasteiger partial charge is 0.309 e. The van der Waals surface area contributed by atoms with Crippen LogP contribution in [0.5, 0.6) is 0 Å². The molecule has 0 heterocycles. The summed E-state index contributed by atoms with van der Waals surface area (Å²) in [5.41, 5.74) is 0.941. The van der Waals surface area contributed by atoms with Gasteiger partial charge < -0.3 is 9.47 Å². The first-order valence-corrected chi connectivity index (χ1v) is 5.66. The van der Waals surface area contributed by atoms with Crippen molar-refractivity contribution in [2.45, 2.75) is 25.7 Å². The van der Waals surface area contributed by atoms with Gasteiger partial charge in [0, 0.05) is 0 Å². The van der Waals surface area contributed by atoms with Crippen LogP contribution in [0.4, 0.5) is 0 Å². The molecule has 1 unspecified atom stereocenters. The summed E-state index contributed by atoms with van der Waals surface area (Å²) in [5.74, 6) is -0.325. The summed E-state index contributed by atoms with van der Waals surface area (Å²) in [6, 6.07) is 0. The number of carbonyl (C=O) groups excluding carboxylic acids is 2. The lowest BCUT2D eigenvalue weighted by atomic mass is 9.94. The first-order valence-electron chi connectivity index (χ1n) is 5.66. The van der Waals surface area contributed by atoms with Gasteiger partial charge in [0.25, 0.3) is 0 Å². The van der Waals surface area contributed by atoms with Gasteiger partial charge in [-0.05, 0) is 18.8 Å². The molecule has 1 rings (SSSR count). The lowest BCUT2D eigenvalue weighted by Crippen LogP contribution is -2.08. The Balaban J connectivity index is 2.67. The first-order chi connectivity index (χ1) is 8.17. The van der Waals surface area contributed by atoms with Crippen molar-refractivity contribution < 1.29 is 19.1 Å². The average Bonchev–Trinajstić information content (AvgIpc) is 2.87. The number of methoxy groups -OCH3 is 2. The average molecular weight is 238 g/mol. The third-order valence-electron chi connectivity index (χ3n) is 2.82. The van der Waals surface area contributed by atoms with Crippen LogP contribution >= 0.6 is 0 Å². The van der Waals surface area contributed by atoms with Crippen molar-refractivity contribution in [2.24, 2.45) is 5.92 Å². The van der Waals surface area contributed by atoms with Crippen LogP contribution in [0.3, 0.4) is 0 Å². The highest BCUT2D eigenvalue weighted by molar-refractivity contribution is 5.74. The monoisotopic (exact) mass is 238 g/mol. The molecule has 0 aromatic heterocycles. The number of rotatable bonds is 5. The number of esters is 2. The van der Waals surface area contributed by atoms with Gasteiger partial charge in [0.2, 0.25) is 0 Å². The molecule has 4 nitrogen and oxygen atoms in total. The standard InChI is InChI=1S/C13H18O4/c1-16-12(14)8-7-11(9-13(15)17-2)10-5-3-4-6-10/h3,5,7,10H,4,6,8-9H2,1-2H3. The number of ether oxygens (including phenoxy) is 2. The minimum Gasteiger partial charge on any atom is -0.469 e. The maximum absolute atomic E-state index is 11.3. The Bertz CT molecular complexity index is 341. The molecule has 0 fully saturated rings. The van der Waals surface area contributed by atoms with Crippen LogP contribution in [-0.4, -0.2) is 26.2 Å². The summed E-state index contributed by atoms with van der Waals surface area (Å²) >= 11 is 0. The molecule has 0 aliphatic heterocycles. The van der Waals surface area contributed by atoms with Crippen LogP contribution < -0.4 is 0 Å². The largest absolute Gasteiger partial charge is 0.469 e. The van der Waals surface area contributed by atoms with E-state index in [0.717, 1.165) is 18.4 Å². The Morgan fingerprint density at radius 1 is 1.29 bits per heavy atom. The molecule has 0 bridgehead atoms. The van der Waals surface area contributed by atoms with Gasteiger partial charge >= 0.3 is 11.9 Å². The zero-order valence-corrected chi connectivity index (χ0v) is 10.3. The van der Waals surface area contributed by atoms with Gasteiger partial charge in [-0.25, -0.2) is 0 Å².